The van der Waals surface area contributed by atoms with Crippen LogP contribution < -0.4 is 15.2 Å². The highest BCUT2D eigenvalue weighted by Gasteiger charge is 2.22. The second kappa shape index (κ2) is 14.9. The average Bonchev–Trinajstić information content (AvgIpc) is 2.96. The molecule has 0 spiro atoms. The fourth-order valence-electron chi connectivity index (χ4n) is 3.79. The number of hydrogen-bond acceptors (Lipinski definition) is 5. The molecule has 1 unspecified atom stereocenters. The maximum absolute atomic E-state index is 9.55. The molecule has 0 aliphatic heterocycles. The summed E-state index contributed by atoms with van der Waals surface area (Å²) in [5.74, 6) is -0.815. The maximum Gasteiger partial charge on any atom is 0.328 e. The summed E-state index contributed by atoms with van der Waals surface area (Å²) in [6.07, 6.45) is 1.85. The number of carboxylic acid groups (broad SMARTS) is 2. The average molecular weight is 540 g/mol. The van der Waals surface area contributed by atoms with E-state index in [4.69, 9.17) is 25.4 Å². The number of nitrogens with two attached hydrogens (primary N) is 1. The Morgan fingerprint density at radius 3 is 1.45 bits per heavy atom. The third kappa shape index (κ3) is 10.5. The molecule has 40 heavy (non-hydrogen) atoms. The number of hydrogen-bond donors (Lipinski definition) is 3. The van der Waals surface area contributed by atoms with Crippen molar-refractivity contribution in [3.63, 3.8) is 0 Å². The van der Waals surface area contributed by atoms with Gasteiger partial charge in [0.25, 0.3) is 0 Å². The fourth-order valence-corrected chi connectivity index (χ4v) is 3.79. The Kier molecular flexibility index (Phi) is 11.1. The van der Waals surface area contributed by atoms with E-state index >= 15 is 0 Å². The normalized spacial score (nSPS) is 12.1. The molecule has 0 aromatic heterocycles. The summed E-state index contributed by atoms with van der Waals surface area (Å²) in [5, 5.41) is 15.6. The van der Waals surface area contributed by atoms with E-state index in [0.29, 0.717) is 25.4 Å². The number of aliphatic carboxylic acids is 2. The van der Waals surface area contributed by atoms with Gasteiger partial charge in [-0.05, 0) is 59.9 Å². The largest absolute Gasteiger partial charge is 0.489 e. The number of rotatable bonds is 11. The van der Waals surface area contributed by atoms with Crippen LogP contribution in [0.1, 0.15) is 29.2 Å². The van der Waals surface area contributed by atoms with Gasteiger partial charge >= 0.3 is 11.9 Å². The Morgan fingerprint density at radius 1 is 0.650 bits per heavy atom. The zero-order valence-corrected chi connectivity index (χ0v) is 22.3. The summed E-state index contributed by atoms with van der Waals surface area (Å²) in [6, 6.07) is 36.6. The summed E-state index contributed by atoms with van der Waals surface area (Å²) in [6.45, 7) is 3.18. The highest BCUT2D eigenvalue weighted by atomic mass is 16.5. The molecule has 1 atom stereocenters. The predicted molar refractivity (Wildman–Crippen MR) is 154 cm³/mol. The zero-order valence-electron chi connectivity index (χ0n) is 22.3. The lowest BCUT2D eigenvalue weighted by atomic mass is 9.86. The summed E-state index contributed by atoms with van der Waals surface area (Å²) in [7, 11) is 0. The number of benzene rings is 4. The van der Waals surface area contributed by atoms with E-state index in [2.05, 4.69) is 55.5 Å². The first-order valence-electron chi connectivity index (χ1n) is 12.7. The molecule has 0 heterocycles. The van der Waals surface area contributed by atoms with Crippen molar-refractivity contribution >= 4 is 11.9 Å². The minimum Gasteiger partial charge on any atom is -0.489 e. The van der Waals surface area contributed by atoms with E-state index in [1.807, 2.05) is 60.7 Å². The van der Waals surface area contributed by atoms with Crippen molar-refractivity contribution < 1.29 is 29.3 Å². The van der Waals surface area contributed by atoms with Gasteiger partial charge in [-0.1, -0.05) is 84.9 Å². The Labute approximate surface area is 234 Å². The second-order valence-electron chi connectivity index (χ2n) is 9.32. The lowest BCUT2D eigenvalue weighted by Crippen LogP contribution is -2.35. The van der Waals surface area contributed by atoms with Crippen molar-refractivity contribution in [3.8, 4) is 11.5 Å². The molecule has 7 heteroatoms. The van der Waals surface area contributed by atoms with Gasteiger partial charge in [-0.3, -0.25) is 0 Å². The molecule has 4 aromatic rings. The zero-order chi connectivity index (χ0) is 28.8. The Hall–Kier alpha value is -4.88. The van der Waals surface area contributed by atoms with Gasteiger partial charge in [-0.15, -0.1) is 0 Å². The van der Waals surface area contributed by atoms with E-state index in [1.54, 1.807) is 0 Å². The second-order valence-corrected chi connectivity index (χ2v) is 9.32. The lowest BCUT2D eigenvalue weighted by Gasteiger charge is -2.26. The van der Waals surface area contributed by atoms with Gasteiger partial charge < -0.3 is 25.4 Å². The first-order valence-corrected chi connectivity index (χ1v) is 12.7. The maximum atomic E-state index is 9.55. The van der Waals surface area contributed by atoms with Crippen molar-refractivity contribution in [2.75, 3.05) is 0 Å². The molecular formula is C33H33NO6. The van der Waals surface area contributed by atoms with Crippen molar-refractivity contribution in [3.05, 3.63) is 144 Å². The van der Waals surface area contributed by atoms with E-state index in [0.717, 1.165) is 34.6 Å². The van der Waals surface area contributed by atoms with E-state index in [9.17, 15) is 9.59 Å². The van der Waals surface area contributed by atoms with E-state index in [-0.39, 0.29) is 0 Å². The first-order chi connectivity index (χ1) is 19.2. The summed E-state index contributed by atoms with van der Waals surface area (Å²) in [5.41, 5.74) is 10.8. The minimum atomic E-state index is -1.26. The molecule has 0 saturated heterocycles. The quantitative estimate of drug-likeness (QED) is 0.201. The van der Waals surface area contributed by atoms with Gasteiger partial charge in [0.05, 0.1) is 0 Å². The van der Waals surface area contributed by atoms with Crippen molar-refractivity contribution in [1.82, 2.24) is 0 Å². The summed E-state index contributed by atoms with van der Waals surface area (Å²) >= 11 is 0. The van der Waals surface area contributed by atoms with Crippen LogP contribution in [0.3, 0.4) is 0 Å². The molecular weight excluding hydrogens is 506 g/mol. The Bertz CT molecular complexity index is 1350. The van der Waals surface area contributed by atoms with Gasteiger partial charge in [0, 0.05) is 17.7 Å². The van der Waals surface area contributed by atoms with Crippen LogP contribution in [0, 0.1) is 0 Å². The molecule has 0 saturated carbocycles. The molecule has 4 N–H and O–H groups in total. The van der Waals surface area contributed by atoms with Crippen LogP contribution in [0.2, 0.25) is 0 Å². The van der Waals surface area contributed by atoms with E-state index in [1.165, 1.54) is 5.56 Å². The van der Waals surface area contributed by atoms with Crippen LogP contribution in [0.25, 0.3) is 0 Å². The molecule has 0 bridgehead atoms. The molecule has 4 rings (SSSR count). The van der Waals surface area contributed by atoms with Crippen LogP contribution in [-0.2, 0) is 34.8 Å². The van der Waals surface area contributed by atoms with Gasteiger partial charge in [-0.25, -0.2) is 9.59 Å². The van der Waals surface area contributed by atoms with Crippen molar-refractivity contribution in [2.24, 2.45) is 5.73 Å². The molecule has 0 aliphatic carbocycles. The number of carboxylic acids is 2. The molecule has 0 amide bonds. The Morgan fingerprint density at radius 2 is 1.05 bits per heavy atom. The summed E-state index contributed by atoms with van der Waals surface area (Å²) < 4.78 is 11.8. The third-order valence-corrected chi connectivity index (χ3v) is 5.87. The molecule has 0 aliphatic rings. The molecule has 4 aromatic carbocycles. The van der Waals surface area contributed by atoms with Crippen molar-refractivity contribution in [1.29, 1.82) is 0 Å². The monoisotopic (exact) mass is 539 g/mol. The SMILES string of the molecule is CC(N)(Cc1ccc(OCc2ccccc2)cc1)c1ccc(OCc2ccccc2)cc1.O=C(O)C=CC(=O)O. The standard InChI is InChI=1S/C29H29NO2.C4H4O4/c1-29(30,26-14-18-28(19-15-26)32-22-25-10-6-3-7-11-25)20-23-12-16-27(17-13-23)31-21-24-8-4-2-5-9-24;5-3(6)1-2-4(7)8/h2-19H,20-22,30H2,1H3;1-2H,(H,5,6)(H,7,8). The van der Waals surface area contributed by atoms with Crippen LogP contribution >= 0.6 is 0 Å². The van der Waals surface area contributed by atoms with Gasteiger partial charge in [0.15, 0.2) is 0 Å². The number of ether oxygens (including phenoxy) is 2. The smallest absolute Gasteiger partial charge is 0.328 e. The van der Waals surface area contributed by atoms with Crippen LogP contribution in [-0.4, -0.2) is 22.2 Å². The van der Waals surface area contributed by atoms with Crippen molar-refractivity contribution in [2.45, 2.75) is 32.1 Å². The first kappa shape index (κ1) is 29.7. The van der Waals surface area contributed by atoms with Crippen LogP contribution in [0.5, 0.6) is 11.5 Å². The molecule has 206 valence electrons. The Balaban J connectivity index is 0.000000482. The van der Waals surface area contributed by atoms with Gasteiger partial charge in [-0.2, -0.15) is 0 Å². The molecule has 0 fully saturated rings. The topological polar surface area (TPSA) is 119 Å². The van der Waals surface area contributed by atoms with E-state index < -0.39 is 17.5 Å². The lowest BCUT2D eigenvalue weighted by molar-refractivity contribution is -0.134. The van der Waals surface area contributed by atoms with Crippen LogP contribution in [0.15, 0.2) is 121 Å². The highest BCUT2D eigenvalue weighted by Crippen LogP contribution is 2.26. The predicted octanol–water partition coefficient (Wildman–Crippen LogP) is 5.97. The third-order valence-electron chi connectivity index (χ3n) is 5.87. The molecule has 0 radical (unpaired) electrons. The minimum absolute atomic E-state index is 0.482. The number of carbonyl (C=O) groups is 2. The highest BCUT2D eigenvalue weighted by molar-refractivity contribution is 5.89. The fraction of sp³-hybridized carbons (Fsp3) is 0.152. The molecule has 7 nitrogen and oxygen atoms in total. The summed E-state index contributed by atoms with van der Waals surface area (Å²) in [4.78, 5) is 19.1. The van der Waals surface area contributed by atoms with Crippen LogP contribution in [0.4, 0.5) is 0 Å². The van der Waals surface area contributed by atoms with Gasteiger partial charge in [0.2, 0.25) is 0 Å². The van der Waals surface area contributed by atoms with Gasteiger partial charge in [0.1, 0.15) is 24.7 Å².